The van der Waals surface area contributed by atoms with Crippen molar-refractivity contribution in [3.8, 4) is 0 Å². The minimum Gasteiger partial charge on any atom is -0.340 e. The normalized spacial score (nSPS) is 20.8. The summed E-state index contributed by atoms with van der Waals surface area (Å²) in [5.41, 5.74) is 0. The van der Waals surface area contributed by atoms with E-state index in [1.165, 1.54) is 16.8 Å². The molecule has 2 aromatic rings. The van der Waals surface area contributed by atoms with Crippen molar-refractivity contribution in [2.75, 3.05) is 13.1 Å². The lowest BCUT2D eigenvalue weighted by atomic mass is 9.99. The zero-order valence-electron chi connectivity index (χ0n) is 11.9. The second-order valence-corrected chi connectivity index (χ2v) is 7.14. The zero-order chi connectivity index (χ0) is 15.0. The van der Waals surface area contributed by atoms with Gasteiger partial charge < -0.3 is 9.09 Å². The van der Waals surface area contributed by atoms with Crippen LogP contribution >= 0.6 is 0 Å². The van der Waals surface area contributed by atoms with Gasteiger partial charge in [0, 0.05) is 39.2 Å². The molecule has 21 heavy (non-hydrogen) atoms. The van der Waals surface area contributed by atoms with E-state index < -0.39 is 10.0 Å². The fourth-order valence-corrected chi connectivity index (χ4v) is 4.00. The Morgan fingerprint density at radius 2 is 2.24 bits per heavy atom. The number of aryl methyl sites for hydroxylation is 2. The summed E-state index contributed by atoms with van der Waals surface area (Å²) in [6.07, 6.45) is 4.62. The minimum atomic E-state index is -3.56. The standard InChI is InChI=1S/C12H17N5O3S/c1-9-14-12(15-20-9)10-4-3-5-17(6-10)21(18,19)11-7-16(2)8-13-11/h7-8,10H,3-6H2,1-2H3/t10-/m0/s1. The van der Waals surface area contributed by atoms with Gasteiger partial charge in [-0.25, -0.2) is 13.4 Å². The quantitative estimate of drug-likeness (QED) is 0.827. The van der Waals surface area contributed by atoms with E-state index in [2.05, 4.69) is 15.1 Å². The van der Waals surface area contributed by atoms with Gasteiger partial charge in [-0.2, -0.15) is 9.29 Å². The van der Waals surface area contributed by atoms with Crippen molar-refractivity contribution >= 4 is 10.0 Å². The summed E-state index contributed by atoms with van der Waals surface area (Å²) in [4.78, 5) is 8.16. The molecule has 0 aliphatic carbocycles. The van der Waals surface area contributed by atoms with Crippen LogP contribution in [0.25, 0.3) is 0 Å². The third-order valence-electron chi connectivity index (χ3n) is 3.58. The van der Waals surface area contributed by atoms with Crippen LogP contribution in [0, 0.1) is 6.92 Å². The van der Waals surface area contributed by atoms with Gasteiger partial charge in [0.2, 0.25) is 5.89 Å². The number of hydrogen-bond donors (Lipinski definition) is 0. The van der Waals surface area contributed by atoms with Gasteiger partial charge >= 0.3 is 0 Å². The average molecular weight is 311 g/mol. The number of sulfonamides is 1. The molecule has 1 saturated heterocycles. The molecule has 3 heterocycles. The third-order valence-corrected chi connectivity index (χ3v) is 5.33. The van der Waals surface area contributed by atoms with Crippen LogP contribution in [0.5, 0.6) is 0 Å². The highest BCUT2D eigenvalue weighted by Gasteiger charge is 2.33. The molecule has 1 aliphatic rings. The van der Waals surface area contributed by atoms with E-state index >= 15 is 0 Å². The van der Waals surface area contributed by atoms with E-state index in [1.54, 1.807) is 18.5 Å². The minimum absolute atomic E-state index is 0.0327. The van der Waals surface area contributed by atoms with Crippen molar-refractivity contribution in [3.63, 3.8) is 0 Å². The van der Waals surface area contributed by atoms with Crippen LogP contribution in [-0.2, 0) is 17.1 Å². The third kappa shape index (κ3) is 2.70. The first-order valence-corrected chi connectivity index (χ1v) is 8.19. The van der Waals surface area contributed by atoms with Crippen LogP contribution in [0.15, 0.2) is 22.1 Å². The molecule has 0 bridgehead atoms. The van der Waals surface area contributed by atoms with Gasteiger partial charge in [0.05, 0.1) is 6.33 Å². The maximum Gasteiger partial charge on any atom is 0.262 e. The van der Waals surface area contributed by atoms with E-state index in [0.717, 1.165) is 12.8 Å². The summed E-state index contributed by atoms with van der Waals surface area (Å²) in [7, 11) is -1.82. The highest BCUT2D eigenvalue weighted by atomic mass is 32.2. The molecule has 9 heteroatoms. The Labute approximate surface area is 122 Å². The highest BCUT2D eigenvalue weighted by Crippen LogP contribution is 2.28. The van der Waals surface area contributed by atoms with E-state index in [-0.39, 0.29) is 10.9 Å². The van der Waals surface area contributed by atoms with Crippen LogP contribution in [0.1, 0.15) is 30.5 Å². The second kappa shape index (κ2) is 5.23. The average Bonchev–Trinajstić information content (AvgIpc) is 3.08. The predicted octanol–water partition coefficient (Wildman–Crippen LogP) is 0.680. The topological polar surface area (TPSA) is 94.1 Å². The van der Waals surface area contributed by atoms with Crippen molar-refractivity contribution in [2.24, 2.45) is 7.05 Å². The van der Waals surface area contributed by atoms with Crippen molar-refractivity contribution in [1.29, 1.82) is 0 Å². The van der Waals surface area contributed by atoms with Crippen molar-refractivity contribution in [1.82, 2.24) is 24.0 Å². The molecule has 0 N–H and O–H groups in total. The molecule has 0 unspecified atom stereocenters. The molecule has 2 aromatic heterocycles. The summed E-state index contributed by atoms with van der Waals surface area (Å²) < 4.78 is 33.2. The predicted molar refractivity (Wildman–Crippen MR) is 73.0 cm³/mol. The Morgan fingerprint density at radius 3 is 2.86 bits per heavy atom. The fraction of sp³-hybridized carbons (Fsp3) is 0.583. The van der Waals surface area contributed by atoms with E-state index in [4.69, 9.17) is 4.52 Å². The van der Waals surface area contributed by atoms with E-state index in [0.29, 0.717) is 24.8 Å². The molecule has 1 fully saturated rings. The van der Waals surface area contributed by atoms with Gasteiger partial charge in [-0.05, 0) is 12.8 Å². The van der Waals surface area contributed by atoms with Gasteiger partial charge in [-0.1, -0.05) is 5.16 Å². The number of rotatable bonds is 3. The molecule has 0 radical (unpaired) electrons. The van der Waals surface area contributed by atoms with Gasteiger partial charge in [-0.15, -0.1) is 0 Å². The van der Waals surface area contributed by atoms with Crippen LogP contribution in [0.2, 0.25) is 0 Å². The van der Waals surface area contributed by atoms with E-state index in [1.807, 2.05) is 0 Å². The summed E-state index contributed by atoms with van der Waals surface area (Å²) in [5.74, 6) is 1.04. The number of nitrogens with zero attached hydrogens (tertiary/aromatic N) is 5. The van der Waals surface area contributed by atoms with Crippen LogP contribution < -0.4 is 0 Å². The monoisotopic (exact) mass is 311 g/mol. The molecular formula is C12H17N5O3S. The number of hydrogen-bond acceptors (Lipinski definition) is 6. The molecule has 8 nitrogen and oxygen atoms in total. The summed E-state index contributed by atoms with van der Waals surface area (Å²) in [5, 5.41) is 3.98. The molecule has 0 amide bonds. The lowest BCUT2D eigenvalue weighted by Crippen LogP contribution is -2.39. The molecule has 114 valence electrons. The SMILES string of the molecule is Cc1nc([C@H]2CCCN(S(=O)(=O)c3cn(C)cn3)C2)no1. The van der Waals surface area contributed by atoms with Crippen LogP contribution in [0.3, 0.4) is 0 Å². The number of imidazole rings is 1. The molecule has 0 saturated carbocycles. The lowest BCUT2D eigenvalue weighted by Gasteiger charge is -2.29. The first-order chi connectivity index (χ1) is 9.96. The lowest BCUT2D eigenvalue weighted by molar-refractivity contribution is 0.300. The molecule has 1 atom stereocenters. The molecule has 0 aromatic carbocycles. The Hall–Kier alpha value is -1.74. The Kier molecular flexibility index (Phi) is 3.54. The summed E-state index contributed by atoms with van der Waals surface area (Å²) in [6, 6.07) is 0. The maximum atomic E-state index is 12.6. The van der Waals surface area contributed by atoms with Gasteiger partial charge in [0.25, 0.3) is 10.0 Å². The van der Waals surface area contributed by atoms with Crippen LogP contribution in [0.4, 0.5) is 0 Å². The number of piperidine rings is 1. The first kappa shape index (κ1) is 14.2. The summed E-state index contributed by atoms with van der Waals surface area (Å²) in [6.45, 7) is 2.58. The molecule has 3 rings (SSSR count). The van der Waals surface area contributed by atoms with Gasteiger partial charge in [0.1, 0.15) is 0 Å². The zero-order valence-corrected chi connectivity index (χ0v) is 12.7. The molecular weight excluding hydrogens is 294 g/mol. The Balaban J connectivity index is 1.83. The fourth-order valence-electron chi connectivity index (χ4n) is 2.51. The Bertz CT molecular complexity index is 736. The van der Waals surface area contributed by atoms with Gasteiger partial charge in [0.15, 0.2) is 10.9 Å². The second-order valence-electron chi connectivity index (χ2n) is 5.25. The molecule has 1 aliphatic heterocycles. The number of aromatic nitrogens is 4. The highest BCUT2D eigenvalue weighted by molar-refractivity contribution is 7.89. The van der Waals surface area contributed by atoms with Gasteiger partial charge in [-0.3, -0.25) is 0 Å². The maximum absolute atomic E-state index is 12.6. The Morgan fingerprint density at radius 1 is 1.43 bits per heavy atom. The van der Waals surface area contributed by atoms with Crippen LogP contribution in [-0.4, -0.2) is 45.5 Å². The smallest absolute Gasteiger partial charge is 0.262 e. The summed E-state index contributed by atoms with van der Waals surface area (Å²) >= 11 is 0. The van der Waals surface area contributed by atoms with E-state index in [9.17, 15) is 8.42 Å². The van der Waals surface area contributed by atoms with Crippen molar-refractivity contribution in [3.05, 3.63) is 24.2 Å². The molecule has 0 spiro atoms. The van der Waals surface area contributed by atoms with Crippen molar-refractivity contribution < 1.29 is 12.9 Å². The van der Waals surface area contributed by atoms with Crippen molar-refractivity contribution in [2.45, 2.75) is 30.7 Å². The largest absolute Gasteiger partial charge is 0.340 e. The first-order valence-electron chi connectivity index (χ1n) is 6.75.